The molecule has 0 rings (SSSR count). The molecule has 2 unspecified atom stereocenters. The van der Waals surface area contributed by atoms with Crippen LogP contribution in [-0.4, -0.2) is 50.6 Å². The number of esters is 1. The second-order valence-corrected chi connectivity index (χ2v) is 5.24. The molecule has 0 aliphatic heterocycles. The molecule has 0 fully saturated rings. The van der Waals surface area contributed by atoms with Crippen LogP contribution in [0.1, 0.15) is 41.0 Å². The molecule has 0 saturated carbocycles. The summed E-state index contributed by atoms with van der Waals surface area (Å²) in [7, 11) is 1.64. The van der Waals surface area contributed by atoms with Crippen LogP contribution in [0.3, 0.4) is 0 Å². The highest BCUT2D eigenvalue weighted by molar-refractivity contribution is 5.80. The Morgan fingerprint density at radius 1 is 1.32 bits per heavy atom. The molecule has 0 aliphatic carbocycles. The van der Waals surface area contributed by atoms with Gasteiger partial charge in [0, 0.05) is 19.8 Å². The van der Waals surface area contributed by atoms with Crippen molar-refractivity contribution in [2.24, 2.45) is 0 Å². The Kier molecular flexibility index (Phi) is 8.97. The highest BCUT2D eigenvalue weighted by atomic mass is 16.5. The Labute approximate surface area is 117 Å². The van der Waals surface area contributed by atoms with Crippen LogP contribution in [0.2, 0.25) is 0 Å². The van der Waals surface area contributed by atoms with Crippen LogP contribution in [0.5, 0.6) is 0 Å². The summed E-state index contributed by atoms with van der Waals surface area (Å²) in [5.41, 5.74) is -0.711. The number of hydrogen-bond acceptors (Lipinski definition) is 5. The Morgan fingerprint density at radius 3 is 2.42 bits per heavy atom. The summed E-state index contributed by atoms with van der Waals surface area (Å²) >= 11 is 0. The van der Waals surface area contributed by atoms with Gasteiger partial charge in [-0.05, 0) is 41.0 Å². The van der Waals surface area contributed by atoms with Gasteiger partial charge in [-0.2, -0.15) is 0 Å². The van der Waals surface area contributed by atoms with E-state index in [1.165, 1.54) is 0 Å². The molecule has 0 amide bonds. The third kappa shape index (κ3) is 7.50. The van der Waals surface area contributed by atoms with Gasteiger partial charge in [-0.25, -0.2) is 0 Å². The summed E-state index contributed by atoms with van der Waals surface area (Å²) in [6.07, 6.45) is 0.591. The second-order valence-electron chi connectivity index (χ2n) is 5.24. The lowest BCUT2D eigenvalue weighted by Gasteiger charge is -2.31. The Hall–Kier alpha value is -0.650. The topological polar surface area (TPSA) is 56.8 Å². The van der Waals surface area contributed by atoms with Gasteiger partial charge in [-0.1, -0.05) is 0 Å². The van der Waals surface area contributed by atoms with Crippen LogP contribution >= 0.6 is 0 Å². The number of methoxy groups -OCH3 is 1. The molecule has 2 atom stereocenters. The number of hydrogen-bond donors (Lipinski definition) is 1. The predicted octanol–water partition coefficient (Wildman–Crippen LogP) is 1.75. The van der Waals surface area contributed by atoms with Crippen molar-refractivity contribution in [1.29, 1.82) is 0 Å². The van der Waals surface area contributed by atoms with Crippen molar-refractivity contribution < 1.29 is 19.0 Å². The summed E-state index contributed by atoms with van der Waals surface area (Å²) in [5, 5.41) is 3.26. The molecule has 5 nitrogen and oxygen atoms in total. The van der Waals surface area contributed by atoms with E-state index in [0.717, 1.165) is 0 Å². The Bertz CT molecular complexity index is 258. The van der Waals surface area contributed by atoms with E-state index in [0.29, 0.717) is 26.2 Å². The van der Waals surface area contributed by atoms with E-state index in [1.54, 1.807) is 7.11 Å². The maximum absolute atomic E-state index is 12.0. The highest BCUT2D eigenvalue weighted by Gasteiger charge is 2.34. The molecule has 0 bridgehead atoms. The summed E-state index contributed by atoms with van der Waals surface area (Å²) in [6, 6.07) is 0.200. The minimum absolute atomic E-state index is 0.0236. The largest absolute Gasteiger partial charge is 0.465 e. The van der Waals surface area contributed by atoms with E-state index in [-0.39, 0.29) is 18.1 Å². The molecule has 19 heavy (non-hydrogen) atoms. The highest BCUT2D eigenvalue weighted by Crippen LogP contribution is 2.14. The summed E-state index contributed by atoms with van der Waals surface area (Å²) in [6.45, 7) is 11.0. The maximum Gasteiger partial charge on any atom is 0.326 e. The molecule has 114 valence electrons. The van der Waals surface area contributed by atoms with Crippen molar-refractivity contribution in [3.63, 3.8) is 0 Å². The van der Waals surface area contributed by atoms with Crippen molar-refractivity contribution in [1.82, 2.24) is 5.32 Å². The Balaban J connectivity index is 4.38. The first-order chi connectivity index (χ1) is 8.85. The minimum atomic E-state index is -0.711. The van der Waals surface area contributed by atoms with Crippen LogP contribution in [0.25, 0.3) is 0 Å². The SMILES string of the molecule is CCOC(=O)C(C)(CCOC(C)COC)NC(C)C. The van der Waals surface area contributed by atoms with Crippen molar-refractivity contribution in [2.45, 2.75) is 58.7 Å². The number of carbonyl (C=O) groups is 1. The maximum atomic E-state index is 12.0. The lowest BCUT2D eigenvalue weighted by molar-refractivity contribution is -0.152. The van der Waals surface area contributed by atoms with Gasteiger partial charge in [0.05, 0.1) is 19.3 Å². The van der Waals surface area contributed by atoms with Crippen molar-refractivity contribution in [2.75, 3.05) is 26.9 Å². The smallest absolute Gasteiger partial charge is 0.326 e. The normalized spacial score (nSPS) is 16.2. The molecule has 0 aliphatic rings. The number of carbonyl (C=O) groups excluding carboxylic acids is 1. The number of nitrogens with one attached hydrogen (secondary N) is 1. The summed E-state index contributed by atoms with van der Waals surface area (Å²) in [5.74, 6) is -0.230. The quantitative estimate of drug-likeness (QED) is 0.616. The van der Waals surface area contributed by atoms with Gasteiger partial charge >= 0.3 is 5.97 Å². The molecule has 0 heterocycles. The zero-order valence-corrected chi connectivity index (χ0v) is 13.1. The van der Waals surface area contributed by atoms with Crippen LogP contribution in [0, 0.1) is 0 Å². The predicted molar refractivity (Wildman–Crippen MR) is 75.2 cm³/mol. The van der Waals surface area contributed by atoms with E-state index in [2.05, 4.69) is 5.32 Å². The van der Waals surface area contributed by atoms with Crippen LogP contribution in [0.4, 0.5) is 0 Å². The van der Waals surface area contributed by atoms with E-state index < -0.39 is 5.54 Å². The first kappa shape index (κ1) is 18.4. The molecule has 1 N–H and O–H groups in total. The molecular weight excluding hydrogens is 246 g/mol. The van der Waals surface area contributed by atoms with Crippen molar-refractivity contribution in [3.8, 4) is 0 Å². The summed E-state index contributed by atoms with van der Waals surface area (Å²) in [4.78, 5) is 12.0. The molecule has 0 radical (unpaired) electrons. The zero-order valence-electron chi connectivity index (χ0n) is 13.1. The molecule has 0 aromatic heterocycles. The van der Waals surface area contributed by atoms with Crippen LogP contribution in [-0.2, 0) is 19.0 Å². The molecule has 5 heteroatoms. The van der Waals surface area contributed by atoms with Crippen LogP contribution < -0.4 is 5.32 Å². The van der Waals surface area contributed by atoms with Gasteiger partial charge in [0.15, 0.2) is 0 Å². The monoisotopic (exact) mass is 275 g/mol. The van der Waals surface area contributed by atoms with E-state index >= 15 is 0 Å². The van der Waals surface area contributed by atoms with Gasteiger partial charge in [0.1, 0.15) is 5.54 Å². The van der Waals surface area contributed by atoms with Gasteiger partial charge in [-0.15, -0.1) is 0 Å². The number of rotatable bonds is 10. The molecular formula is C14H29NO4. The lowest BCUT2D eigenvalue weighted by atomic mass is 9.97. The minimum Gasteiger partial charge on any atom is -0.465 e. The third-order valence-electron chi connectivity index (χ3n) is 2.74. The van der Waals surface area contributed by atoms with Crippen molar-refractivity contribution in [3.05, 3.63) is 0 Å². The van der Waals surface area contributed by atoms with Crippen LogP contribution in [0.15, 0.2) is 0 Å². The summed E-state index contributed by atoms with van der Waals surface area (Å²) < 4.78 is 15.8. The van der Waals surface area contributed by atoms with Gasteiger partial charge < -0.3 is 14.2 Å². The molecule has 0 spiro atoms. The van der Waals surface area contributed by atoms with Gasteiger partial charge in [0.2, 0.25) is 0 Å². The van der Waals surface area contributed by atoms with E-state index in [4.69, 9.17) is 14.2 Å². The molecule has 0 aromatic rings. The van der Waals surface area contributed by atoms with E-state index in [9.17, 15) is 4.79 Å². The lowest BCUT2D eigenvalue weighted by Crippen LogP contribution is -2.54. The first-order valence-electron chi connectivity index (χ1n) is 6.91. The fraction of sp³-hybridized carbons (Fsp3) is 0.929. The zero-order chi connectivity index (χ0) is 14.9. The third-order valence-corrected chi connectivity index (χ3v) is 2.74. The molecule has 0 saturated heterocycles. The number of ether oxygens (including phenoxy) is 3. The Morgan fingerprint density at radius 2 is 1.95 bits per heavy atom. The van der Waals surface area contributed by atoms with E-state index in [1.807, 2.05) is 34.6 Å². The standard InChI is InChI=1S/C14H29NO4/c1-7-18-13(16)14(5,15-11(2)3)8-9-19-12(4)10-17-6/h11-12,15H,7-10H2,1-6H3. The average Bonchev–Trinajstić information content (AvgIpc) is 2.28. The van der Waals surface area contributed by atoms with Gasteiger partial charge in [-0.3, -0.25) is 10.1 Å². The van der Waals surface area contributed by atoms with Crippen molar-refractivity contribution >= 4 is 5.97 Å². The fourth-order valence-corrected chi connectivity index (χ4v) is 1.91. The van der Waals surface area contributed by atoms with Gasteiger partial charge in [0.25, 0.3) is 0 Å². The average molecular weight is 275 g/mol. The second kappa shape index (κ2) is 9.28. The molecule has 0 aromatic carbocycles. The fourth-order valence-electron chi connectivity index (χ4n) is 1.91. The first-order valence-corrected chi connectivity index (χ1v) is 6.91.